The van der Waals surface area contributed by atoms with Crippen LogP contribution in [0.4, 0.5) is 5.82 Å². The van der Waals surface area contributed by atoms with Gasteiger partial charge in [-0.2, -0.15) is 0 Å². The molecule has 1 aromatic heterocycles. The van der Waals surface area contributed by atoms with E-state index in [-0.39, 0.29) is 0 Å². The van der Waals surface area contributed by atoms with Crippen molar-refractivity contribution in [1.82, 2.24) is 9.97 Å². The molecule has 5 nitrogen and oxygen atoms in total. The summed E-state index contributed by atoms with van der Waals surface area (Å²) < 4.78 is 5.21. The van der Waals surface area contributed by atoms with Crippen molar-refractivity contribution in [2.45, 2.75) is 32.6 Å². The molecule has 1 heterocycles. The van der Waals surface area contributed by atoms with Gasteiger partial charge in [0.15, 0.2) is 0 Å². The van der Waals surface area contributed by atoms with Gasteiger partial charge in [-0.3, -0.25) is 0 Å². The van der Waals surface area contributed by atoms with Gasteiger partial charge in [0.1, 0.15) is 12.1 Å². The summed E-state index contributed by atoms with van der Waals surface area (Å²) in [5, 5.41) is 3.44. The van der Waals surface area contributed by atoms with Gasteiger partial charge >= 0.3 is 0 Å². The van der Waals surface area contributed by atoms with E-state index < -0.39 is 0 Å². The second-order valence-corrected chi connectivity index (χ2v) is 5.28. The standard InChI is InChI=1S/C14H24N4O/c1-10-13(17-9-18-14(10)19-2)16-8-12-6-4-3-5-11(12)7-15/h9,11-12H,3-8,15H2,1-2H3,(H,16,17,18). The maximum Gasteiger partial charge on any atom is 0.221 e. The van der Waals surface area contributed by atoms with Gasteiger partial charge in [-0.1, -0.05) is 12.8 Å². The Morgan fingerprint density at radius 1 is 1.32 bits per heavy atom. The molecule has 0 aliphatic heterocycles. The topological polar surface area (TPSA) is 73.1 Å². The molecular formula is C14H24N4O. The van der Waals surface area contributed by atoms with Crippen LogP contribution in [0, 0.1) is 18.8 Å². The van der Waals surface area contributed by atoms with Crippen molar-refractivity contribution in [2.24, 2.45) is 17.6 Å². The number of aromatic nitrogens is 2. The molecule has 0 saturated heterocycles. The van der Waals surface area contributed by atoms with E-state index >= 15 is 0 Å². The number of rotatable bonds is 5. The predicted octanol–water partition coefficient (Wildman–Crippen LogP) is 1.97. The number of nitrogens with two attached hydrogens (primary N) is 1. The van der Waals surface area contributed by atoms with Gasteiger partial charge < -0.3 is 15.8 Å². The molecule has 3 N–H and O–H groups in total. The number of nitrogens with one attached hydrogen (secondary N) is 1. The molecule has 2 unspecified atom stereocenters. The molecule has 1 aliphatic rings. The number of hydrogen-bond acceptors (Lipinski definition) is 5. The molecule has 5 heteroatoms. The Kier molecular flexibility index (Phi) is 4.96. The highest BCUT2D eigenvalue weighted by molar-refractivity contribution is 5.47. The van der Waals surface area contributed by atoms with Crippen LogP contribution in [0.25, 0.3) is 0 Å². The van der Waals surface area contributed by atoms with Gasteiger partial charge in [-0.15, -0.1) is 0 Å². The smallest absolute Gasteiger partial charge is 0.221 e. The van der Waals surface area contributed by atoms with E-state index in [1.54, 1.807) is 7.11 Å². The highest BCUT2D eigenvalue weighted by Gasteiger charge is 2.24. The highest BCUT2D eigenvalue weighted by atomic mass is 16.5. The lowest BCUT2D eigenvalue weighted by Crippen LogP contribution is -2.31. The average Bonchev–Trinajstić information content (AvgIpc) is 2.46. The van der Waals surface area contributed by atoms with Crippen LogP contribution in [0.5, 0.6) is 5.88 Å². The van der Waals surface area contributed by atoms with Gasteiger partial charge in [-0.25, -0.2) is 9.97 Å². The Labute approximate surface area is 115 Å². The van der Waals surface area contributed by atoms with E-state index in [4.69, 9.17) is 10.5 Å². The van der Waals surface area contributed by atoms with Crippen molar-refractivity contribution >= 4 is 5.82 Å². The van der Waals surface area contributed by atoms with Crippen molar-refractivity contribution in [3.05, 3.63) is 11.9 Å². The molecular weight excluding hydrogens is 240 g/mol. The van der Waals surface area contributed by atoms with Crippen LogP contribution < -0.4 is 15.8 Å². The van der Waals surface area contributed by atoms with E-state index in [9.17, 15) is 0 Å². The lowest BCUT2D eigenvalue weighted by molar-refractivity contribution is 0.255. The van der Waals surface area contributed by atoms with Crippen molar-refractivity contribution in [3.63, 3.8) is 0 Å². The Morgan fingerprint density at radius 3 is 2.74 bits per heavy atom. The molecule has 0 spiro atoms. The van der Waals surface area contributed by atoms with Crippen LogP contribution in [0.2, 0.25) is 0 Å². The summed E-state index contributed by atoms with van der Waals surface area (Å²) in [5.74, 6) is 2.80. The fourth-order valence-electron chi connectivity index (χ4n) is 2.91. The third-order valence-electron chi connectivity index (χ3n) is 4.13. The normalized spacial score (nSPS) is 23.1. The van der Waals surface area contributed by atoms with Gasteiger partial charge in [0.25, 0.3) is 0 Å². The summed E-state index contributed by atoms with van der Waals surface area (Å²) in [6.45, 7) is 3.70. The van der Waals surface area contributed by atoms with Crippen LogP contribution in [0.3, 0.4) is 0 Å². The molecule has 1 fully saturated rings. The van der Waals surface area contributed by atoms with Crippen LogP contribution in [-0.4, -0.2) is 30.2 Å². The third kappa shape index (κ3) is 3.35. The lowest BCUT2D eigenvalue weighted by Gasteiger charge is -2.31. The molecule has 1 aliphatic carbocycles. The molecule has 0 radical (unpaired) electrons. The van der Waals surface area contributed by atoms with E-state index in [1.165, 1.54) is 32.0 Å². The summed E-state index contributed by atoms with van der Waals surface area (Å²) in [4.78, 5) is 8.38. The Balaban J connectivity index is 1.98. The van der Waals surface area contributed by atoms with Crippen LogP contribution in [-0.2, 0) is 0 Å². The minimum Gasteiger partial charge on any atom is -0.481 e. The average molecular weight is 264 g/mol. The SMILES string of the molecule is COc1ncnc(NCC2CCCCC2CN)c1C. The van der Waals surface area contributed by atoms with E-state index in [1.807, 2.05) is 6.92 Å². The largest absolute Gasteiger partial charge is 0.481 e. The van der Waals surface area contributed by atoms with Crippen molar-refractivity contribution < 1.29 is 4.74 Å². The number of nitrogens with zero attached hydrogens (tertiary/aromatic N) is 2. The van der Waals surface area contributed by atoms with E-state index in [0.717, 1.165) is 24.5 Å². The first-order chi connectivity index (χ1) is 9.26. The number of anilines is 1. The minimum atomic E-state index is 0.636. The predicted molar refractivity (Wildman–Crippen MR) is 76.3 cm³/mol. The van der Waals surface area contributed by atoms with E-state index in [0.29, 0.717) is 17.7 Å². The van der Waals surface area contributed by atoms with Crippen molar-refractivity contribution in [1.29, 1.82) is 0 Å². The summed E-state index contributed by atoms with van der Waals surface area (Å²) in [5.41, 5.74) is 6.83. The summed E-state index contributed by atoms with van der Waals surface area (Å²) in [7, 11) is 1.63. The Morgan fingerprint density at radius 2 is 2.05 bits per heavy atom. The molecule has 1 saturated carbocycles. The Bertz CT molecular complexity index is 410. The summed E-state index contributed by atoms with van der Waals surface area (Å²) >= 11 is 0. The zero-order valence-corrected chi connectivity index (χ0v) is 11.9. The molecule has 0 amide bonds. The van der Waals surface area contributed by atoms with E-state index in [2.05, 4.69) is 15.3 Å². The van der Waals surface area contributed by atoms with Gasteiger partial charge in [0.05, 0.1) is 12.7 Å². The quantitative estimate of drug-likeness (QED) is 0.850. The molecule has 0 aromatic carbocycles. The molecule has 1 aromatic rings. The maximum atomic E-state index is 5.86. The number of hydrogen-bond donors (Lipinski definition) is 2. The molecule has 19 heavy (non-hydrogen) atoms. The first kappa shape index (κ1) is 14.1. The minimum absolute atomic E-state index is 0.636. The number of ether oxygens (including phenoxy) is 1. The maximum absolute atomic E-state index is 5.86. The van der Waals surface area contributed by atoms with Gasteiger partial charge in [-0.05, 0) is 38.1 Å². The second-order valence-electron chi connectivity index (χ2n) is 5.28. The van der Waals surface area contributed by atoms with Gasteiger partial charge in [0.2, 0.25) is 5.88 Å². The number of methoxy groups -OCH3 is 1. The van der Waals surface area contributed by atoms with Gasteiger partial charge in [0, 0.05) is 6.54 Å². The molecule has 2 rings (SSSR count). The monoisotopic (exact) mass is 264 g/mol. The highest BCUT2D eigenvalue weighted by Crippen LogP contribution is 2.30. The Hall–Kier alpha value is -1.36. The summed E-state index contributed by atoms with van der Waals surface area (Å²) in [6, 6.07) is 0. The van der Waals surface area contributed by atoms with Crippen molar-refractivity contribution in [2.75, 3.05) is 25.5 Å². The first-order valence-corrected chi connectivity index (χ1v) is 7.05. The van der Waals surface area contributed by atoms with Crippen LogP contribution >= 0.6 is 0 Å². The fourth-order valence-corrected chi connectivity index (χ4v) is 2.91. The second kappa shape index (κ2) is 6.70. The van der Waals surface area contributed by atoms with Crippen molar-refractivity contribution in [3.8, 4) is 5.88 Å². The molecule has 0 bridgehead atoms. The van der Waals surface area contributed by atoms with Crippen LogP contribution in [0.1, 0.15) is 31.2 Å². The third-order valence-corrected chi connectivity index (χ3v) is 4.13. The first-order valence-electron chi connectivity index (χ1n) is 7.05. The lowest BCUT2D eigenvalue weighted by atomic mass is 9.79. The summed E-state index contributed by atoms with van der Waals surface area (Å²) in [6.07, 6.45) is 6.69. The zero-order chi connectivity index (χ0) is 13.7. The molecule has 106 valence electrons. The zero-order valence-electron chi connectivity index (χ0n) is 11.9. The molecule has 2 atom stereocenters. The van der Waals surface area contributed by atoms with Crippen LogP contribution in [0.15, 0.2) is 6.33 Å². The fraction of sp³-hybridized carbons (Fsp3) is 0.714.